The summed E-state index contributed by atoms with van der Waals surface area (Å²) >= 11 is 4.42. The van der Waals surface area contributed by atoms with Crippen molar-refractivity contribution < 1.29 is 14.6 Å². The first kappa shape index (κ1) is 17.8. The Kier molecular flexibility index (Phi) is 4.58. The van der Waals surface area contributed by atoms with Gasteiger partial charge in [-0.15, -0.1) is 12.6 Å². The van der Waals surface area contributed by atoms with Gasteiger partial charge in [0.25, 0.3) is 5.91 Å². The summed E-state index contributed by atoms with van der Waals surface area (Å²) < 4.78 is 6.73. The first-order valence-corrected chi connectivity index (χ1v) is 8.69. The van der Waals surface area contributed by atoms with E-state index in [0.29, 0.717) is 27.8 Å². The number of para-hydroxylation sites is 1. The molecule has 28 heavy (non-hydrogen) atoms. The lowest BCUT2D eigenvalue weighted by molar-refractivity contribution is 0.102. The number of phenolic OH excluding ortho intramolecular Hbond substituents is 1. The van der Waals surface area contributed by atoms with Gasteiger partial charge in [0.05, 0.1) is 7.11 Å². The van der Waals surface area contributed by atoms with E-state index in [1.165, 1.54) is 19.5 Å². The number of rotatable bonds is 4. The second-order valence-electron chi connectivity index (χ2n) is 5.82. The number of benzene rings is 2. The summed E-state index contributed by atoms with van der Waals surface area (Å²) in [6.45, 7) is 0. The van der Waals surface area contributed by atoms with E-state index in [1.807, 2.05) is 30.3 Å². The number of nitrogens with one attached hydrogen (secondary N) is 1. The Hall–Kier alpha value is -3.59. The van der Waals surface area contributed by atoms with Crippen LogP contribution in [-0.4, -0.2) is 37.6 Å². The van der Waals surface area contributed by atoms with E-state index in [9.17, 15) is 9.90 Å². The molecule has 0 unspecified atom stereocenters. The van der Waals surface area contributed by atoms with Crippen LogP contribution in [0, 0.1) is 0 Å². The third-order valence-corrected chi connectivity index (χ3v) is 4.39. The Bertz CT molecular complexity index is 1180. The summed E-state index contributed by atoms with van der Waals surface area (Å²) in [6, 6.07) is 14.0. The maximum absolute atomic E-state index is 12.8. The topological polar surface area (TPSA) is 102 Å². The van der Waals surface area contributed by atoms with Gasteiger partial charge < -0.3 is 15.2 Å². The molecular formula is C19H15N5O3S. The van der Waals surface area contributed by atoms with Gasteiger partial charge in [0, 0.05) is 17.4 Å². The van der Waals surface area contributed by atoms with E-state index >= 15 is 0 Å². The molecule has 0 saturated heterocycles. The maximum atomic E-state index is 12.8. The first-order valence-electron chi connectivity index (χ1n) is 8.24. The largest absolute Gasteiger partial charge is 0.504 e. The first-order chi connectivity index (χ1) is 13.6. The molecule has 0 radical (unpaired) electrons. The van der Waals surface area contributed by atoms with Gasteiger partial charge in [-0.25, -0.2) is 15.0 Å². The van der Waals surface area contributed by atoms with Crippen LogP contribution in [-0.2, 0) is 0 Å². The Morgan fingerprint density at radius 2 is 1.96 bits per heavy atom. The normalized spacial score (nSPS) is 10.8. The highest BCUT2D eigenvalue weighted by Crippen LogP contribution is 2.29. The zero-order valence-corrected chi connectivity index (χ0v) is 15.6. The maximum Gasteiger partial charge on any atom is 0.276 e. The molecule has 0 fully saturated rings. The number of carbonyl (C=O) groups excluding carboxylic acids is 1. The van der Waals surface area contributed by atoms with Crippen LogP contribution in [0.2, 0.25) is 0 Å². The van der Waals surface area contributed by atoms with E-state index < -0.39 is 5.91 Å². The third-order valence-electron chi connectivity index (χ3n) is 4.09. The predicted octanol–water partition coefficient (Wildman–Crippen LogP) is 3.07. The summed E-state index contributed by atoms with van der Waals surface area (Å²) in [5.74, 6) is -0.258. The number of ether oxygens (including phenoxy) is 1. The Morgan fingerprint density at radius 1 is 1.18 bits per heavy atom. The van der Waals surface area contributed by atoms with E-state index in [4.69, 9.17) is 4.74 Å². The molecule has 0 atom stereocenters. The lowest BCUT2D eigenvalue weighted by Crippen LogP contribution is -2.14. The molecule has 1 amide bonds. The summed E-state index contributed by atoms with van der Waals surface area (Å²) in [4.78, 5) is 25.5. The zero-order chi connectivity index (χ0) is 19.7. The van der Waals surface area contributed by atoms with Crippen molar-refractivity contribution in [2.75, 3.05) is 12.4 Å². The highest BCUT2D eigenvalue weighted by Gasteiger charge is 2.20. The molecule has 2 heterocycles. The number of hydrogen-bond donors (Lipinski definition) is 3. The molecule has 0 spiro atoms. The van der Waals surface area contributed by atoms with Gasteiger partial charge in [-0.3, -0.25) is 9.36 Å². The van der Waals surface area contributed by atoms with Crippen LogP contribution in [0.5, 0.6) is 11.5 Å². The zero-order valence-electron chi connectivity index (χ0n) is 14.7. The molecule has 4 rings (SSSR count). The molecule has 4 aromatic rings. The van der Waals surface area contributed by atoms with Gasteiger partial charge >= 0.3 is 0 Å². The number of thiol groups is 1. The van der Waals surface area contributed by atoms with Gasteiger partial charge in [0.2, 0.25) is 0 Å². The summed E-state index contributed by atoms with van der Waals surface area (Å²) in [7, 11) is 1.45. The van der Waals surface area contributed by atoms with Crippen LogP contribution in [0.4, 0.5) is 5.69 Å². The van der Waals surface area contributed by atoms with Crippen molar-refractivity contribution in [1.82, 2.24) is 19.5 Å². The predicted molar refractivity (Wildman–Crippen MR) is 107 cm³/mol. The fourth-order valence-electron chi connectivity index (χ4n) is 2.82. The van der Waals surface area contributed by atoms with E-state index in [0.717, 1.165) is 5.69 Å². The van der Waals surface area contributed by atoms with Crippen LogP contribution >= 0.6 is 12.6 Å². The molecule has 0 aliphatic rings. The average molecular weight is 393 g/mol. The highest BCUT2D eigenvalue weighted by atomic mass is 32.1. The van der Waals surface area contributed by atoms with Crippen molar-refractivity contribution in [3.05, 3.63) is 60.6 Å². The standard InChI is InChI=1S/C19H15N5O3S/c1-27-14-8-7-11(9-13(14)25)22-18(26)16-15-17(21-10-20-16)24(19(28)23-15)12-5-3-2-4-6-12/h2-10,25H,1H3,(H,22,26)(H,23,28). The lowest BCUT2D eigenvalue weighted by atomic mass is 10.2. The molecule has 2 aromatic heterocycles. The van der Waals surface area contributed by atoms with Crippen molar-refractivity contribution in [1.29, 1.82) is 0 Å². The number of carbonyl (C=O) groups is 1. The van der Waals surface area contributed by atoms with Gasteiger partial charge in [-0.1, -0.05) is 18.2 Å². The molecule has 0 aliphatic carbocycles. The second-order valence-corrected chi connectivity index (χ2v) is 6.22. The fourth-order valence-corrected chi connectivity index (χ4v) is 3.13. The monoisotopic (exact) mass is 393 g/mol. The number of anilines is 1. The van der Waals surface area contributed by atoms with Crippen LogP contribution in [0.15, 0.2) is 60.0 Å². The molecular weight excluding hydrogens is 378 g/mol. The number of phenols is 1. The average Bonchev–Trinajstić information content (AvgIpc) is 3.04. The van der Waals surface area contributed by atoms with Gasteiger partial charge in [-0.05, 0) is 24.3 Å². The van der Waals surface area contributed by atoms with Gasteiger partial charge in [0.15, 0.2) is 28.0 Å². The Labute approximate surface area is 165 Å². The molecule has 0 aliphatic heterocycles. The fraction of sp³-hybridized carbons (Fsp3) is 0.0526. The number of aromatic nitrogens is 4. The summed E-state index contributed by atoms with van der Waals surface area (Å²) in [5, 5.41) is 13.0. The molecule has 8 nitrogen and oxygen atoms in total. The van der Waals surface area contributed by atoms with Crippen molar-refractivity contribution >= 4 is 35.4 Å². The number of amides is 1. The van der Waals surface area contributed by atoms with Crippen molar-refractivity contribution in [2.45, 2.75) is 5.16 Å². The minimum absolute atomic E-state index is 0.0841. The van der Waals surface area contributed by atoms with Crippen molar-refractivity contribution in [2.24, 2.45) is 0 Å². The van der Waals surface area contributed by atoms with Crippen LogP contribution in [0.3, 0.4) is 0 Å². The molecule has 0 saturated carbocycles. The minimum Gasteiger partial charge on any atom is -0.504 e. The quantitative estimate of drug-likeness (QED) is 0.461. The molecule has 2 N–H and O–H groups in total. The van der Waals surface area contributed by atoms with Crippen LogP contribution < -0.4 is 10.1 Å². The SMILES string of the molecule is COc1ccc(NC(=O)c2ncnc3c2nc(S)n3-c2ccccc2)cc1O. The van der Waals surface area contributed by atoms with E-state index in [2.05, 4.69) is 32.9 Å². The van der Waals surface area contributed by atoms with Crippen LogP contribution in [0.25, 0.3) is 16.9 Å². The van der Waals surface area contributed by atoms with Crippen LogP contribution in [0.1, 0.15) is 10.5 Å². The molecule has 2 aromatic carbocycles. The number of aromatic hydroxyl groups is 1. The smallest absolute Gasteiger partial charge is 0.276 e. The van der Waals surface area contributed by atoms with Gasteiger partial charge in [-0.2, -0.15) is 0 Å². The highest BCUT2D eigenvalue weighted by molar-refractivity contribution is 7.80. The Balaban J connectivity index is 1.73. The number of nitrogens with zero attached hydrogens (tertiary/aromatic N) is 4. The van der Waals surface area contributed by atoms with Crippen molar-refractivity contribution in [3.8, 4) is 17.2 Å². The Morgan fingerprint density at radius 3 is 2.68 bits per heavy atom. The number of fused-ring (bicyclic) bond motifs is 1. The molecule has 9 heteroatoms. The third kappa shape index (κ3) is 3.12. The van der Waals surface area contributed by atoms with Gasteiger partial charge in [0.1, 0.15) is 11.8 Å². The minimum atomic E-state index is -0.483. The lowest BCUT2D eigenvalue weighted by Gasteiger charge is -2.08. The summed E-state index contributed by atoms with van der Waals surface area (Å²) in [5.41, 5.74) is 2.11. The number of imidazole rings is 1. The number of methoxy groups -OCH3 is 1. The molecule has 140 valence electrons. The molecule has 0 bridgehead atoms. The van der Waals surface area contributed by atoms with E-state index in [-0.39, 0.29) is 11.4 Å². The van der Waals surface area contributed by atoms with E-state index in [1.54, 1.807) is 16.7 Å². The summed E-state index contributed by atoms with van der Waals surface area (Å²) in [6.07, 6.45) is 1.30. The second kappa shape index (κ2) is 7.20. The number of hydrogen-bond acceptors (Lipinski definition) is 7. The van der Waals surface area contributed by atoms with Crippen molar-refractivity contribution in [3.63, 3.8) is 0 Å².